The lowest BCUT2D eigenvalue weighted by molar-refractivity contribution is -0.153. The van der Waals surface area contributed by atoms with Crippen LogP contribution in [0.2, 0.25) is 0 Å². The van der Waals surface area contributed by atoms with E-state index in [1.807, 2.05) is 0 Å². The van der Waals surface area contributed by atoms with Crippen LogP contribution in [0, 0.1) is 5.82 Å². The van der Waals surface area contributed by atoms with Crippen LogP contribution in [-0.2, 0) is 22.4 Å². The van der Waals surface area contributed by atoms with Gasteiger partial charge in [0.2, 0.25) is 0 Å². The van der Waals surface area contributed by atoms with Crippen LogP contribution < -0.4 is 0 Å². The molecule has 0 spiro atoms. The molecule has 0 heterocycles. The number of aliphatic hydroxyl groups excluding tert-OH is 1. The fourth-order valence-electron chi connectivity index (χ4n) is 2.26. The zero-order valence-electron chi connectivity index (χ0n) is 13.1. The summed E-state index contributed by atoms with van der Waals surface area (Å²) >= 11 is 0. The lowest BCUT2D eigenvalue weighted by Crippen LogP contribution is -2.25. The number of hydrogen-bond acceptors (Lipinski definition) is 3. The van der Waals surface area contributed by atoms with Crippen LogP contribution in [0.5, 0.6) is 0 Å². The van der Waals surface area contributed by atoms with Crippen LogP contribution in [0.15, 0.2) is 18.7 Å². The summed E-state index contributed by atoms with van der Waals surface area (Å²) in [4.78, 5) is 12.0. The molecule has 0 saturated carbocycles. The molecule has 3 nitrogen and oxygen atoms in total. The Morgan fingerprint density at radius 2 is 1.90 bits per heavy atom. The predicted octanol–water partition coefficient (Wildman–Crippen LogP) is 3.28. The van der Waals surface area contributed by atoms with Crippen molar-refractivity contribution in [2.75, 3.05) is 6.61 Å². The van der Waals surface area contributed by atoms with Gasteiger partial charge in [0.25, 0.3) is 0 Å². The maximum atomic E-state index is 13.7. The highest BCUT2D eigenvalue weighted by Crippen LogP contribution is 2.25. The first kappa shape index (κ1) is 17.4. The average Bonchev–Trinajstić information content (AvgIpc) is 2.24. The van der Waals surface area contributed by atoms with E-state index < -0.39 is 17.4 Å². The van der Waals surface area contributed by atoms with Gasteiger partial charge in [-0.25, -0.2) is 4.39 Å². The molecule has 0 unspecified atom stereocenters. The van der Waals surface area contributed by atoms with E-state index >= 15 is 0 Å². The van der Waals surface area contributed by atoms with Crippen molar-refractivity contribution in [1.82, 2.24) is 0 Å². The number of allylic oxidation sites excluding steroid dienone is 1. The van der Waals surface area contributed by atoms with Gasteiger partial charge in [-0.05, 0) is 62.9 Å². The Labute approximate surface area is 125 Å². The summed E-state index contributed by atoms with van der Waals surface area (Å²) in [6, 6.07) is 2.70. The molecule has 116 valence electrons. The summed E-state index contributed by atoms with van der Waals surface area (Å²) in [5, 5.41) is 9.10. The van der Waals surface area contributed by atoms with E-state index in [9.17, 15) is 9.18 Å². The highest BCUT2D eigenvalue weighted by Gasteiger charge is 2.19. The molecule has 0 bridgehead atoms. The van der Waals surface area contributed by atoms with Gasteiger partial charge in [0.15, 0.2) is 0 Å². The molecule has 0 aromatic heterocycles. The van der Waals surface area contributed by atoms with Gasteiger partial charge >= 0.3 is 5.97 Å². The Morgan fingerprint density at radius 1 is 1.33 bits per heavy atom. The van der Waals surface area contributed by atoms with E-state index in [4.69, 9.17) is 9.84 Å². The summed E-state index contributed by atoms with van der Waals surface area (Å²) < 4.78 is 19.0. The van der Waals surface area contributed by atoms with Crippen molar-refractivity contribution in [2.24, 2.45) is 0 Å². The normalized spacial score (nSPS) is 11.3. The maximum Gasteiger partial charge on any atom is 0.310 e. The van der Waals surface area contributed by atoms with Gasteiger partial charge in [-0.2, -0.15) is 0 Å². The first-order chi connectivity index (χ1) is 9.64. The van der Waals surface area contributed by atoms with Crippen molar-refractivity contribution in [2.45, 2.75) is 46.1 Å². The number of carbonyl (C=O) groups is 1. The first-order valence-electron chi connectivity index (χ1n) is 6.94. The summed E-state index contributed by atoms with van der Waals surface area (Å²) in [5.41, 5.74) is 2.08. The molecular weight excluding hydrogens is 271 g/mol. The van der Waals surface area contributed by atoms with Crippen LogP contribution in [-0.4, -0.2) is 23.3 Å². The van der Waals surface area contributed by atoms with Crippen LogP contribution in [0.1, 0.15) is 44.4 Å². The number of halogens is 1. The smallest absolute Gasteiger partial charge is 0.310 e. The molecule has 21 heavy (non-hydrogen) atoms. The molecule has 0 aliphatic rings. The molecule has 0 amide bonds. The molecular formula is C17H23FO3. The molecule has 1 aromatic rings. The second-order valence-electron chi connectivity index (χ2n) is 6.12. The Hall–Kier alpha value is -1.68. The van der Waals surface area contributed by atoms with Crippen LogP contribution in [0.4, 0.5) is 4.39 Å². The largest absolute Gasteiger partial charge is 0.460 e. The Balaban J connectivity index is 3.16. The van der Waals surface area contributed by atoms with Gasteiger partial charge < -0.3 is 9.84 Å². The van der Waals surface area contributed by atoms with E-state index in [0.29, 0.717) is 17.5 Å². The number of ether oxygens (including phenoxy) is 1. The number of hydrogen-bond donors (Lipinski definition) is 1. The van der Waals surface area contributed by atoms with E-state index in [2.05, 4.69) is 6.58 Å². The molecule has 1 aromatic carbocycles. The van der Waals surface area contributed by atoms with E-state index in [0.717, 1.165) is 11.1 Å². The Morgan fingerprint density at radius 3 is 2.38 bits per heavy atom. The highest BCUT2D eigenvalue weighted by atomic mass is 19.1. The van der Waals surface area contributed by atoms with Crippen LogP contribution >= 0.6 is 0 Å². The lowest BCUT2D eigenvalue weighted by Gasteiger charge is -2.21. The maximum absolute atomic E-state index is 13.7. The third-order valence-corrected chi connectivity index (χ3v) is 2.83. The minimum Gasteiger partial charge on any atom is -0.460 e. The second-order valence-corrected chi connectivity index (χ2v) is 6.12. The standard InChI is InChI=1S/C17H23FO3/c1-11(2)16-12(6-7-19)8-14(18)9-13(16)10-15(20)21-17(3,4)5/h8-9,19H,1,6-7,10H2,2-5H3. The number of rotatable bonds is 5. The minimum absolute atomic E-state index is 0.0182. The van der Waals surface area contributed by atoms with Gasteiger partial charge in [0, 0.05) is 6.61 Å². The Bertz CT molecular complexity index is 542. The van der Waals surface area contributed by atoms with Gasteiger partial charge in [-0.3, -0.25) is 4.79 Å². The van der Waals surface area contributed by atoms with Gasteiger partial charge in [0.05, 0.1) is 6.42 Å². The molecule has 0 atom stereocenters. The molecule has 1 N–H and O–H groups in total. The molecule has 0 radical (unpaired) electrons. The third kappa shape index (κ3) is 5.31. The number of benzene rings is 1. The topological polar surface area (TPSA) is 46.5 Å². The average molecular weight is 294 g/mol. The minimum atomic E-state index is -0.582. The van der Waals surface area contributed by atoms with Gasteiger partial charge in [0.1, 0.15) is 11.4 Å². The van der Waals surface area contributed by atoms with Crippen molar-refractivity contribution in [3.63, 3.8) is 0 Å². The van der Waals surface area contributed by atoms with E-state index in [-0.39, 0.29) is 13.0 Å². The van der Waals surface area contributed by atoms with Gasteiger partial charge in [-0.15, -0.1) is 0 Å². The molecule has 0 fully saturated rings. The summed E-state index contributed by atoms with van der Waals surface area (Å²) in [7, 11) is 0. The van der Waals surface area contributed by atoms with Crippen molar-refractivity contribution in [3.05, 3.63) is 41.2 Å². The van der Waals surface area contributed by atoms with Gasteiger partial charge in [-0.1, -0.05) is 12.2 Å². The second kappa shape index (κ2) is 6.85. The number of aliphatic hydroxyl groups is 1. The van der Waals surface area contributed by atoms with Crippen molar-refractivity contribution >= 4 is 11.5 Å². The van der Waals surface area contributed by atoms with Crippen LogP contribution in [0.3, 0.4) is 0 Å². The van der Waals surface area contributed by atoms with Crippen molar-refractivity contribution in [3.8, 4) is 0 Å². The monoisotopic (exact) mass is 294 g/mol. The molecule has 0 saturated heterocycles. The molecule has 4 heteroatoms. The first-order valence-corrected chi connectivity index (χ1v) is 6.94. The molecule has 0 aliphatic heterocycles. The zero-order chi connectivity index (χ0) is 16.2. The van der Waals surface area contributed by atoms with E-state index in [1.165, 1.54) is 12.1 Å². The molecule has 1 rings (SSSR count). The Kier molecular flexibility index (Phi) is 5.67. The lowest BCUT2D eigenvalue weighted by atomic mass is 9.92. The SMILES string of the molecule is C=C(C)c1c(CCO)cc(F)cc1CC(=O)OC(C)(C)C. The quantitative estimate of drug-likeness (QED) is 0.848. The highest BCUT2D eigenvalue weighted by molar-refractivity contribution is 5.77. The summed E-state index contributed by atoms with van der Waals surface area (Å²) in [6.07, 6.45) is 0.303. The van der Waals surface area contributed by atoms with E-state index in [1.54, 1.807) is 27.7 Å². The zero-order valence-corrected chi connectivity index (χ0v) is 13.1. The predicted molar refractivity (Wildman–Crippen MR) is 81.4 cm³/mol. The number of esters is 1. The number of carbonyl (C=O) groups excluding carboxylic acids is 1. The fraction of sp³-hybridized carbons (Fsp3) is 0.471. The third-order valence-electron chi connectivity index (χ3n) is 2.83. The summed E-state index contributed by atoms with van der Waals surface area (Å²) in [5.74, 6) is -0.840. The fourth-order valence-corrected chi connectivity index (χ4v) is 2.26. The van der Waals surface area contributed by atoms with Crippen molar-refractivity contribution < 1.29 is 19.0 Å². The molecule has 0 aliphatic carbocycles. The van der Waals surface area contributed by atoms with Crippen LogP contribution in [0.25, 0.3) is 5.57 Å². The van der Waals surface area contributed by atoms with Crippen molar-refractivity contribution in [1.29, 1.82) is 0 Å². The summed E-state index contributed by atoms with van der Waals surface area (Å²) in [6.45, 7) is 11.0.